The van der Waals surface area contributed by atoms with Gasteiger partial charge in [-0.1, -0.05) is 18.5 Å². The molecule has 0 atom stereocenters. The van der Waals surface area contributed by atoms with Gasteiger partial charge in [0.2, 0.25) is 0 Å². The largest absolute Gasteiger partial charge is 0.299 e. The number of halogens is 1. The number of carbonyl (C=O) groups excluding carboxylic acids is 3. The molecule has 1 aromatic carbocycles. The van der Waals surface area contributed by atoms with E-state index in [4.69, 9.17) is 11.6 Å². The topological polar surface area (TPSA) is 54.5 Å². The molecule has 88 valence electrons. The van der Waals surface area contributed by atoms with E-state index in [1.165, 1.54) is 17.0 Å². The highest BCUT2D eigenvalue weighted by atomic mass is 35.5. The Bertz CT molecular complexity index is 524. The molecule has 2 rings (SSSR count). The summed E-state index contributed by atoms with van der Waals surface area (Å²) < 4.78 is 0. The van der Waals surface area contributed by atoms with Crippen LogP contribution in [0, 0.1) is 0 Å². The normalized spacial score (nSPS) is 14.1. The second-order valence-electron chi connectivity index (χ2n) is 3.77. The number of hydrogen-bond donors (Lipinski definition) is 0. The summed E-state index contributed by atoms with van der Waals surface area (Å²) in [4.78, 5) is 35.9. The van der Waals surface area contributed by atoms with Crippen LogP contribution in [0.15, 0.2) is 18.2 Å². The van der Waals surface area contributed by atoms with Crippen molar-refractivity contribution in [2.75, 3.05) is 11.4 Å². The van der Waals surface area contributed by atoms with Gasteiger partial charge in [0, 0.05) is 11.4 Å². The highest BCUT2D eigenvalue weighted by molar-refractivity contribution is 6.53. The summed E-state index contributed by atoms with van der Waals surface area (Å²) in [5.41, 5.74) is 0.734. The van der Waals surface area contributed by atoms with E-state index in [1.807, 2.05) is 0 Å². The molecule has 0 bridgehead atoms. The first-order valence-electron chi connectivity index (χ1n) is 5.22. The van der Waals surface area contributed by atoms with Gasteiger partial charge >= 0.3 is 0 Å². The molecule has 4 nitrogen and oxygen atoms in total. The van der Waals surface area contributed by atoms with Crippen LogP contribution >= 0.6 is 11.6 Å². The minimum Gasteiger partial charge on any atom is -0.298 e. The van der Waals surface area contributed by atoms with E-state index in [0.29, 0.717) is 22.7 Å². The average molecular weight is 252 g/mol. The lowest BCUT2D eigenvalue weighted by Crippen LogP contribution is -2.34. The molecule has 0 N–H and O–H groups in total. The van der Waals surface area contributed by atoms with Crippen molar-refractivity contribution in [2.45, 2.75) is 13.3 Å². The van der Waals surface area contributed by atoms with E-state index >= 15 is 0 Å². The number of ketones is 2. The maximum atomic E-state index is 11.7. The van der Waals surface area contributed by atoms with Crippen LogP contribution in [0.2, 0.25) is 5.02 Å². The molecule has 1 aliphatic rings. The molecular formula is C12H10ClNO3. The van der Waals surface area contributed by atoms with Gasteiger partial charge in [-0.05, 0) is 18.2 Å². The Morgan fingerprint density at radius 1 is 1.35 bits per heavy atom. The van der Waals surface area contributed by atoms with E-state index in [0.717, 1.165) is 0 Å². The molecule has 0 radical (unpaired) electrons. The lowest BCUT2D eigenvalue weighted by molar-refractivity contribution is -0.120. The SMILES string of the molecule is CCC(=O)CN1C(=O)C(=O)c2ccc(Cl)cc21. The summed E-state index contributed by atoms with van der Waals surface area (Å²) >= 11 is 5.82. The molecule has 0 saturated heterocycles. The number of Topliss-reactive ketones (excluding diaryl/α,β-unsaturated/α-hetero) is 2. The quantitative estimate of drug-likeness (QED) is 0.771. The summed E-state index contributed by atoms with van der Waals surface area (Å²) in [6, 6.07) is 4.59. The van der Waals surface area contributed by atoms with Crippen molar-refractivity contribution in [2.24, 2.45) is 0 Å². The number of anilines is 1. The smallest absolute Gasteiger partial charge is 0.298 e. The molecule has 0 saturated carbocycles. The molecule has 1 aliphatic heterocycles. The van der Waals surface area contributed by atoms with Gasteiger partial charge in [0.25, 0.3) is 11.7 Å². The van der Waals surface area contributed by atoms with Gasteiger partial charge in [0.05, 0.1) is 17.8 Å². The standard InChI is InChI=1S/C12H10ClNO3/c1-2-8(15)6-14-10-5-7(13)3-4-9(10)11(16)12(14)17/h3-5H,2,6H2,1H3. The molecule has 0 fully saturated rings. The van der Waals surface area contributed by atoms with Crippen molar-refractivity contribution < 1.29 is 14.4 Å². The number of nitrogens with zero attached hydrogens (tertiary/aromatic N) is 1. The predicted molar refractivity (Wildman–Crippen MR) is 63.4 cm³/mol. The minimum atomic E-state index is -0.663. The number of carbonyl (C=O) groups is 3. The zero-order valence-corrected chi connectivity index (χ0v) is 9.95. The fourth-order valence-electron chi connectivity index (χ4n) is 1.71. The Hall–Kier alpha value is -1.68. The van der Waals surface area contributed by atoms with Crippen LogP contribution in [0.1, 0.15) is 23.7 Å². The maximum absolute atomic E-state index is 11.7. The number of hydrogen-bond acceptors (Lipinski definition) is 3. The highest BCUT2D eigenvalue weighted by Crippen LogP contribution is 2.31. The average Bonchev–Trinajstić information content (AvgIpc) is 2.54. The zero-order chi connectivity index (χ0) is 12.6. The summed E-state index contributed by atoms with van der Waals surface area (Å²) in [5, 5.41) is 0.431. The Labute approximate surface area is 103 Å². The van der Waals surface area contributed by atoms with Gasteiger partial charge in [-0.15, -0.1) is 0 Å². The van der Waals surface area contributed by atoms with Crippen LogP contribution in [0.4, 0.5) is 5.69 Å². The van der Waals surface area contributed by atoms with Gasteiger partial charge in [-0.25, -0.2) is 0 Å². The molecule has 5 heteroatoms. The Balaban J connectivity index is 2.42. The molecule has 17 heavy (non-hydrogen) atoms. The third-order valence-electron chi connectivity index (χ3n) is 2.66. The summed E-state index contributed by atoms with van der Waals surface area (Å²) in [6.07, 6.45) is 0.327. The molecule has 0 aliphatic carbocycles. The van der Waals surface area contributed by atoms with Crippen LogP contribution in [-0.4, -0.2) is 24.0 Å². The second-order valence-corrected chi connectivity index (χ2v) is 4.21. The van der Waals surface area contributed by atoms with Crippen molar-refractivity contribution >= 4 is 34.8 Å². The van der Waals surface area contributed by atoms with Gasteiger partial charge in [-0.2, -0.15) is 0 Å². The molecule has 1 amide bonds. The van der Waals surface area contributed by atoms with Crippen molar-refractivity contribution in [1.82, 2.24) is 0 Å². The third-order valence-corrected chi connectivity index (χ3v) is 2.90. The van der Waals surface area contributed by atoms with Crippen LogP contribution in [0.3, 0.4) is 0 Å². The second kappa shape index (κ2) is 4.30. The van der Waals surface area contributed by atoms with Crippen LogP contribution in [-0.2, 0) is 9.59 Å². The Kier molecular flexibility index (Phi) is 2.98. The van der Waals surface area contributed by atoms with Gasteiger partial charge in [0.15, 0.2) is 5.78 Å². The van der Waals surface area contributed by atoms with E-state index in [1.54, 1.807) is 13.0 Å². The van der Waals surface area contributed by atoms with Crippen molar-refractivity contribution in [3.63, 3.8) is 0 Å². The van der Waals surface area contributed by atoms with Gasteiger partial charge < -0.3 is 0 Å². The first-order chi connectivity index (χ1) is 8.04. The number of rotatable bonds is 3. The fourth-order valence-corrected chi connectivity index (χ4v) is 1.88. The number of amides is 1. The first-order valence-corrected chi connectivity index (χ1v) is 5.60. The molecule has 1 heterocycles. The summed E-state index contributed by atoms with van der Waals surface area (Å²) in [7, 11) is 0. The van der Waals surface area contributed by atoms with Gasteiger partial charge in [0.1, 0.15) is 0 Å². The van der Waals surface area contributed by atoms with Gasteiger partial charge in [-0.3, -0.25) is 19.3 Å². The molecule has 0 spiro atoms. The van der Waals surface area contributed by atoms with Crippen molar-refractivity contribution in [1.29, 1.82) is 0 Å². The number of benzene rings is 1. The van der Waals surface area contributed by atoms with Crippen LogP contribution in [0.25, 0.3) is 0 Å². The first kappa shape index (κ1) is 11.8. The minimum absolute atomic E-state index is 0.0750. The van der Waals surface area contributed by atoms with Crippen LogP contribution in [0.5, 0.6) is 0 Å². The molecule has 1 aromatic rings. The molecule has 0 aromatic heterocycles. The van der Waals surface area contributed by atoms with E-state index < -0.39 is 11.7 Å². The summed E-state index contributed by atoms with van der Waals surface area (Å²) in [6.45, 7) is 1.64. The predicted octanol–water partition coefficient (Wildman–Crippen LogP) is 1.85. The lowest BCUT2D eigenvalue weighted by atomic mass is 10.1. The fraction of sp³-hybridized carbons (Fsp3) is 0.250. The van der Waals surface area contributed by atoms with E-state index in [2.05, 4.69) is 0 Å². The zero-order valence-electron chi connectivity index (χ0n) is 9.20. The Morgan fingerprint density at radius 3 is 2.71 bits per heavy atom. The monoisotopic (exact) mass is 251 g/mol. The molecular weight excluding hydrogens is 242 g/mol. The molecule has 0 unspecified atom stereocenters. The van der Waals surface area contributed by atoms with E-state index in [9.17, 15) is 14.4 Å². The highest BCUT2D eigenvalue weighted by Gasteiger charge is 2.36. The Morgan fingerprint density at radius 2 is 2.06 bits per heavy atom. The number of fused-ring (bicyclic) bond motifs is 1. The summed E-state index contributed by atoms with van der Waals surface area (Å²) in [5.74, 6) is -1.34. The lowest BCUT2D eigenvalue weighted by Gasteiger charge is -2.14. The van der Waals surface area contributed by atoms with E-state index in [-0.39, 0.29) is 12.3 Å². The van der Waals surface area contributed by atoms with Crippen LogP contribution < -0.4 is 4.90 Å². The van der Waals surface area contributed by atoms with Crippen molar-refractivity contribution in [3.05, 3.63) is 28.8 Å². The van der Waals surface area contributed by atoms with Crippen molar-refractivity contribution in [3.8, 4) is 0 Å². The third kappa shape index (κ3) is 1.96. The maximum Gasteiger partial charge on any atom is 0.299 e.